The summed E-state index contributed by atoms with van der Waals surface area (Å²) < 4.78 is 10.6. The summed E-state index contributed by atoms with van der Waals surface area (Å²) in [4.78, 5) is 0. The van der Waals surface area contributed by atoms with Crippen LogP contribution in [0, 0.1) is 5.41 Å². The van der Waals surface area contributed by atoms with Gasteiger partial charge in [0.1, 0.15) is 5.75 Å². The summed E-state index contributed by atoms with van der Waals surface area (Å²) in [5.41, 5.74) is 12.3. The number of ether oxygens (including phenoxy) is 2. The predicted molar refractivity (Wildman–Crippen MR) is 61.0 cm³/mol. The van der Waals surface area contributed by atoms with Crippen LogP contribution in [0.25, 0.3) is 0 Å². The van der Waals surface area contributed by atoms with Gasteiger partial charge in [0.15, 0.2) is 5.76 Å². The number of nitrogen functional groups attached to an aromatic ring is 1. The number of nitrogens with one attached hydrogen (secondary N) is 1. The quantitative estimate of drug-likeness (QED) is 0.514. The highest BCUT2D eigenvalue weighted by atomic mass is 16.5. The number of benzene rings is 1. The molecule has 0 radical (unpaired) electrons. The summed E-state index contributed by atoms with van der Waals surface area (Å²) in [6.07, 6.45) is 0.566. The highest BCUT2D eigenvalue weighted by Gasteiger charge is 2.20. The topological polar surface area (TPSA) is 94.3 Å². The van der Waals surface area contributed by atoms with E-state index in [1.54, 1.807) is 24.3 Å². The van der Waals surface area contributed by atoms with E-state index in [0.717, 1.165) is 0 Å². The fourth-order valence-corrected chi connectivity index (χ4v) is 1.43. The predicted octanol–water partition coefficient (Wildman–Crippen LogP) is 1.22. The minimum absolute atomic E-state index is 0.105. The molecule has 0 amide bonds. The Morgan fingerprint density at radius 1 is 1.44 bits per heavy atom. The maximum atomic E-state index is 7.58. The Balaban J connectivity index is 2.18. The zero-order chi connectivity index (χ0) is 11.5. The van der Waals surface area contributed by atoms with Crippen LogP contribution in [-0.2, 0) is 4.74 Å². The molecule has 0 spiro atoms. The van der Waals surface area contributed by atoms with Crippen molar-refractivity contribution in [3.8, 4) is 5.75 Å². The van der Waals surface area contributed by atoms with Crippen LogP contribution in [0.2, 0.25) is 0 Å². The maximum Gasteiger partial charge on any atom is 0.235 e. The van der Waals surface area contributed by atoms with Crippen molar-refractivity contribution in [3.05, 3.63) is 35.9 Å². The molecule has 5 N–H and O–H groups in total. The smallest absolute Gasteiger partial charge is 0.235 e. The SMILES string of the molecule is N=C1CCOC1=C(N)Oc1cccc(N)c1. The van der Waals surface area contributed by atoms with Gasteiger partial charge in [0.05, 0.1) is 12.3 Å². The van der Waals surface area contributed by atoms with E-state index in [0.29, 0.717) is 35.9 Å². The third-order valence-corrected chi connectivity index (χ3v) is 2.18. The number of rotatable bonds is 2. The average Bonchev–Trinajstić information content (AvgIpc) is 2.64. The average molecular weight is 219 g/mol. The highest BCUT2D eigenvalue weighted by molar-refractivity contribution is 5.97. The Morgan fingerprint density at radius 3 is 2.88 bits per heavy atom. The molecule has 5 nitrogen and oxygen atoms in total. The monoisotopic (exact) mass is 219 g/mol. The minimum atomic E-state index is 0.105. The van der Waals surface area contributed by atoms with Gasteiger partial charge in [0.25, 0.3) is 0 Å². The van der Waals surface area contributed by atoms with E-state index in [1.807, 2.05) is 0 Å². The van der Waals surface area contributed by atoms with E-state index in [1.165, 1.54) is 0 Å². The van der Waals surface area contributed by atoms with Crippen LogP contribution in [0.5, 0.6) is 5.75 Å². The molecule has 0 aromatic heterocycles. The largest absolute Gasteiger partial charge is 0.486 e. The van der Waals surface area contributed by atoms with Crippen molar-refractivity contribution in [2.24, 2.45) is 5.73 Å². The lowest BCUT2D eigenvalue weighted by molar-refractivity contribution is 0.244. The summed E-state index contributed by atoms with van der Waals surface area (Å²) in [5.74, 6) is 0.962. The number of allylic oxidation sites excluding steroid dienone is 1. The summed E-state index contributed by atoms with van der Waals surface area (Å²) in [6, 6.07) is 6.92. The first-order valence-electron chi connectivity index (χ1n) is 4.90. The maximum absolute atomic E-state index is 7.58. The van der Waals surface area contributed by atoms with Crippen molar-refractivity contribution < 1.29 is 9.47 Å². The third kappa shape index (κ3) is 2.08. The first kappa shape index (κ1) is 10.4. The van der Waals surface area contributed by atoms with Gasteiger partial charge in [-0.2, -0.15) is 0 Å². The van der Waals surface area contributed by atoms with Gasteiger partial charge >= 0.3 is 0 Å². The van der Waals surface area contributed by atoms with Gasteiger partial charge < -0.3 is 26.4 Å². The lowest BCUT2D eigenvalue weighted by Gasteiger charge is -2.08. The number of hydrogen-bond donors (Lipinski definition) is 3. The van der Waals surface area contributed by atoms with Gasteiger partial charge in [-0.25, -0.2) is 0 Å². The van der Waals surface area contributed by atoms with Gasteiger partial charge in [-0.05, 0) is 12.1 Å². The van der Waals surface area contributed by atoms with Crippen LogP contribution in [0.4, 0.5) is 5.69 Å². The molecule has 0 bridgehead atoms. The van der Waals surface area contributed by atoms with Crippen LogP contribution in [0.3, 0.4) is 0 Å². The second-order valence-corrected chi connectivity index (χ2v) is 3.44. The lowest BCUT2D eigenvalue weighted by Crippen LogP contribution is -2.12. The number of anilines is 1. The molecule has 2 rings (SSSR count). The van der Waals surface area contributed by atoms with Crippen molar-refractivity contribution in [3.63, 3.8) is 0 Å². The molecule has 0 unspecified atom stereocenters. The molecule has 0 saturated carbocycles. The first-order chi connectivity index (χ1) is 7.66. The van der Waals surface area contributed by atoms with Crippen molar-refractivity contribution in [1.82, 2.24) is 0 Å². The van der Waals surface area contributed by atoms with E-state index < -0.39 is 0 Å². The Morgan fingerprint density at radius 2 is 2.25 bits per heavy atom. The van der Waals surface area contributed by atoms with E-state index in [4.69, 9.17) is 26.4 Å². The third-order valence-electron chi connectivity index (χ3n) is 2.18. The Hall–Kier alpha value is -2.17. The van der Waals surface area contributed by atoms with Crippen molar-refractivity contribution in [2.75, 3.05) is 12.3 Å². The second kappa shape index (κ2) is 4.14. The zero-order valence-electron chi connectivity index (χ0n) is 8.69. The van der Waals surface area contributed by atoms with Gasteiger partial charge in [0.2, 0.25) is 5.88 Å². The Bertz CT molecular complexity index is 454. The second-order valence-electron chi connectivity index (χ2n) is 3.44. The first-order valence-corrected chi connectivity index (χ1v) is 4.90. The van der Waals surface area contributed by atoms with Crippen molar-refractivity contribution in [2.45, 2.75) is 6.42 Å². The van der Waals surface area contributed by atoms with Crippen molar-refractivity contribution in [1.29, 1.82) is 5.41 Å². The van der Waals surface area contributed by atoms with Crippen LogP contribution < -0.4 is 16.2 Å². The molecule has 5 heteroatoms. The standard InChI is InChI=1S/C11H13N3O2/c12-7-2-1-3-8(6-7)16-11(14)10-9(13)4-5-15-10/h1-3,6,13H,4-5,12,14H2. The van der Waals surface area contributed by atoms with Crippen LogP contribution in [0.15, 0.2) is 35.9 Å². The molecule has 1 heterocycles. The molecule has 0 atom stereocenters. The molecule has 84 valence electrons. The molecule has 1 aromatic carbocycles. The molecular weight excluding hydrogens is 206 g/mol. The van der Waals surface area contributed by atoms with Crippen molar-refractivity contribution >= 4 is 11.4 Å². The van der Waals surface area contributed by atoms with E-state index in [9.17, 15) is 0 Å². The fourth-order valence-electron chi connectivity index (χ4n) is 1.43. The summed E-state index contributed by atoms with van der Waals surface area (Å²) in [5, 5.41) is 7.58. The highest BCUT2D eigenvalue weighted by Crippen LogP contribution is 2.20. The van der Waals surface area contributed by atoms with Crippen LogP contribution >= 0.6 is 0 Å². The van der Waals surface area contributed by atoms with E-state index in [2.05, 4.69) is 0 Å². The molecule has 1 aliphatic heterocycles. The van der Waals surface area contributed by atoms with Gasteiger partial charge in [-0.1, -0.05) is 6.07 Å². The normalized spacial score (nSPS) is 18.1. The molecular formula is C11H13N3O2. The molecule has 1 saturated heterocycles. The van der Waals surface area contributed by atoms with Crippen LogP contribution in [0.1, 0.15) is 6.42 Å². The van der Waals surface area contributed by atoms with Crippen LogP contribution in [-0.4, -0.2) is 12.3 Å². The molecule has 1 aromatic rings. The van der Waals surface area contributed by atoms with Gasteiger partial charge in [0, 0.05) is 18.2 Å². The zero-order valence-corrected chi connectivity index (χ0v) is 8.69. The lowest BCUT2D eigenvalue weighted by atomic mass is 10.3. The fraction of sp³-hybridized carbons (Fsp3) is 0.182. The molecule has 0 aliphatic carbocycles. The Labute approximate surface area is 93.2 Å². The number of hydrogen-bond acceptors (Lipinski definition) is 5. The Kier molecular flexibility index (Phi) is 2.68. The molecule has 1 aliphatic rings. The molecule has 16 heavy (non-hydrogen) atoms. The summed E-state index contributed by atoms with van der Waals surface area (Å²) >= 11 is 0. The summed E-state index contributed by atoms with van der Waals surface area (Å²) in [7, 11) is 0. The van der Waals surface area contributed by atoms with Gasteiger partial charge in [-0.15, -0.1) is 0 Å². The molecule has 1 fully saturated rings. The number of nitrogens with two attached hydrogens (primary N) is 2. The van der Waals surface area contributed by atoms with E-state index in [-0.39, 0.29) is 5.88 Å². The summed E-state index contributed by atoms with van der Waals surface area (Å²) in [6.45, 7) is 0.481. The minimum Gasteiger partial charge on any atom is -0.486 e. The van der Waals surface area contributed by atoms with E-state index >= 15 is 0 Å². The van der Waals surface area contributed by atoms with Gasteiger partial charge in [-0.3, -0.25) is 0 Å².